The number of aryl methyl sites for hydroxylation is 1. The highest BCUT2D eigenvalue weighted by Gasteiger charge is 2.48. The predicted octanol–water partition coefficient (Wildman–Crippen LogP) is 5.77. The summed E-state index contributed by atoms with van der Waals surface area (Å²) in [4.78, 5) is 56.0. The molecule has 2 aliphatic heterocycles. The molecule has 3 atom stereocenters. The summed E-state index contributed by atoms with van der Waals surface area (Å²) >= 11 is 6.08. The number of benzene rings is 3. The van der Waals surface area contributed by atoms with E-state index < -0.39 is 5.92 Å². The number of rotatable bonds is 11. The molecule has 4 amide bonds. The van der Waals surface area contributed by atoms with Crippen LogP contribution in [-0.2, 0) is 27.2 Å². The minimum atomic E-state index is -0.601. The molecule has 12 heteroatoms. The van der Waals surface area contributed by atoms with Crippen LogP contribution in [0.15, 0.2) is 77.4 Å². The van der Waals surface area contributed by atoms with Gasteiger partial charge in [-0.2, -0.15) is 0 Å². The fourth-order valence-electron chi connectivity index (χ4n) is 7.05. The molecule has 282 valence electrons. The molecule has 4 aromatic rings. The molecule has 2 saturated heterocycles. The lowest BCUT2D eigenvalue weighted by atomic mass is 9.79. The van der Waals surface area contributed by atoms with Gasteiger partial charge in [-0.25, -0.2) is 0 Å². The number of likely N-dealkylation sites (tertiary alicyclic amines) is 2. The number of halogens is 1. The van der Waals surface area contributed by atoms with Crippen molar-refractivity contribution < 1.29 is 33.1 Å². The second-order valence-corrected chi connectivity index (χ2v) is 14.2. The lowest BCUT2D eigenvalue weighted by Crippen LogP contribution is -2.54. The maximum atomic E-state index is 13.7. The van der Waals surface area contributed by atoms with Crippen LogP contribution in [-0.4, -0.2) is 86.4 Å². The number of methoxy groups -OCH3 is 1. The number of nitrogens with zero attached hydrogens (tertiary/aromatic N) is 2. The van der Waals surface area contributed by atoms with Crippen molar-refractivity contribution in [3.05, 3.63) is 94.7 Å². The summed E-state index contributed by atoms with van der Waals surface area (Å²) in [5.41, 5.74) is 3.21. The molecular formula is C41H49ClN4O7. The molecule has 2 N–H and O–H groups in total. The average Bonchev–Trinajstić information content (AvgIpc) is 3.77. The van der Waals surface area contributed by atoms with Crippen LogP contribution in [0.25, 0.3) is 11.0 Å². The number of piperidine rings is 1. The molecule has 3 heterocycles. The third-order valence-corrected chi connectivity index (χ3v) is 9.91. The van der Waals surface area contributed by atoms with E-state index in [2.05, 4.69) is 47.9 Å². The Labute approximate surface area is 315 Å². The molecule has 3 aromatic carbocycles. The highest BCUT2D eigenvalue weighted by Crippen LogP contribution is 2.38. The topological polar surface area (TPSA) is 130 Å². The van der Waals surface area contributed by atoms with Crippen LogP contribution in [0.1, 0.15) is 48.7 Å². The predicted molar refractivity (Wildman–Crippen MR) is 204 cm³/mol. The number of nitrogens with one attached hydrogen (secondary N) is 2. The van der Waals surface area contributed by atoms with Gasteiger partial charge in [0, 0.05) is 54.8 Å². The first-order valence-electron chi connectivity index (χ1n) is 18.1. The summed E-state index contributed by atoms with van der Waals surface area (Å²) in [6.45, 7) is 7.16. The van der Waals surface area contributed by atoms with Gasteiger partial charge >= 0.3 is 0 Å². The fourth-order valence-corrected chi connectivity index (χ4v) is 7.21. The molecular weight excluding hydrogens is 696 g/mol. The molecule has 2 aliphatic rings. The summed E-state index contributed by atoms with van der Waals surface area (Å²) in [5, 5.41) is 6.55. The Balaban J connectivity index is 0.000000526. The molecule has 0 radical (unpaired) electrons. The zero-order valence-electron chi connectivity index (χ0n) is 31.0. The molecule has 6 rings (SSSR count). The van der Waals surface area contributed by atoms with Crippen molar-refractivity contribution in [1.29, 1.82) is 0 Å². The molecule has 0 aliphatic carbocycles. The number of likely N-dealkylation sites (N-methyl/N-ethyl adjacent to an activating group) is 1. The van der Waals surface area contributed by atoms with E-state index in [1.807, 2.05) is 19.9 Å². The van der Waals surface area contributed by atoms with Crippen molar-refractivity contribution in [1.82, 2.24) is 20.4 Å². The van der Waals surface area contributed by atoms with Crippen LogP contribution in [0.2, 0.25) is 5.02 Å². The summed E-state index contributed by atoms with van der Waals surface area (Å²) in [6.07, 6.45) is 4.03. The standard InChI is InChI=1S/C32H37ClN4O7.C9H12/c1-18(2)44-26-8-5-19(9-28(26)42-4)32(41)37-14-21-13-36(16-25(24(21)15-37)31(40)35-12-29(38)34-3)30(39)10-20-17-43-27-11-22(33)6-7-23(20)27;1-2-6-9-7-4-3-5-8-9/h5-9,11,17-18,21,24-25H,10,12-16H2,1-4H3,(H,34,38)(H,35,40);3-5,7-8H,2,6H2,1H3. The molecule has 0 saturated carbocycles. The maximum Gasteiger partial charge on any atom is 0.254 e. The first-order valence-corrected chi connectivity index (χ1v) is 18.5. The van der Waals surface area contributed by atoms with Gasteiger partial charge < -0.3 is 34.3 Å². The van der Waals surface area contributed by atoms with Crippen LogP contribution in [0, 0.1) is 17.8 Å². The van der Waals surface area contributed by atoms with Gasteiger partial charge in [-0.3, -0.25) is 19.2 Å². The third-order valence-electron chi connectivity index (χ3n) is 9.67. The normalized spacial score (nSPS) is 17.8. The van der Waals surface area contributed by atoms with Crippen LogP contribution < -0.4 is 20.1 Å². The van der Waals surface area contributed by atoms with Crippen molar-refractivity contribution >= 4 is 46.2 Å². The number of hydrogen-bond donors (Lipinski definition) is 2. The Kier molecular flexibility index (Phi) is 13.4. The smallest absolute Gasteiger partial charge is 0.254 e. The van der Waals surface area contributed by atoms with Gasteiger partial charge in [0.2, 0.25) is 17.7 Å². The molecule has 11 nitrogen and oxygen atoms in total. The number of ether oxygens (including phenoxy) is 2. The SMILES string of the molecule is CCCc1ccccc1.CNC(=O)CNC(=O)C1CN(C(=O)Cc2coc3cc(Cl)ccc23)CC2CN(C(=O)c3ccc(OC(C)C)c(OC)c3)CC21. The van der Waals surface area contributed by atoms with E-state index >= 15 is 0 Å². The maximum absolute atomic E-state index is 13.7. The number of fused-ring (bicyclic) bond motifs is 2. The van der Waals surface area contributed by atoms with Crippen molar-refractivity contribution in [3.63, 3.8) is 0 Å². The highest BCUT2D eigenvalue weighted by molar-refractivity contribution is 6.31. The number of hydrogen-bond acceptors (Lipinski definition) is 7. The highest BCUT2D eigenvalue weighted by atomic mass is 35.5. The van der Waals surface area contributed by atoms with Crippen LogP contribution in [0.5, 0.6) is 11.5 Å². The molecule has 0 spiro atoms. The number of amides is 4. The second kappa shape index (κ2) is 18.1. The van der Waals surface area contributed by atoms with Gasteiger partial charge in [-0.05, 0) is 74.1 Å². The Morgan fingerprint density at radius 1 is 0.943 bits per heavy atom. The van der Waals surface area contributed by atoms with E-state index in [-0.39, 0.29) is 61.1 Å². The monoisotopic (exact) mass is 744 g/mol. The lowest BCUT2D eigenvalue weighted by Gasteiger charge is -2.39. The molecule has 1 aromatic heterocycles. The Morgan fingerprint density at radius 2 is 1.70 bits per heavy atom. The van der Waals surface area contributed by atoms with Gasteiger partial charge in [0.1, 0.15) is 5.58 Å². The minimum Gasteiger partial charge on any atom is -0.493 e. The van der Waals surface area contributed by atoms with E-state index in [0.29, 0.717) is 47.3 Å². The first-order chi connectivity index (χ1) is 25.5. The zero-order valence-corrected chi connectivity index (χ0v) is 31.8. The van der Waals surface area contributed by atoms with Gasteiger partial charge in [-0.15, -0.1) is 0 Å². The Morgan fingerprint density at radius 3 is 2.40 bits per heavy atom. The van der Waals surface area contributed by atoms with Gasteiger partial charge in [0.05, 0.1) is 38.4 Å². The van der Waals surface area contributed by atoms with Crippen LogP contribution in [0.3, 0.4) is 0 Å². The van der Waals surface area contributed by atoms with Crippen molar-refractivity contribution in [2.45, 2.75) is 46.1 Å². The summed E-state index contributed by atoms with van der Waals surface area (Å²) in [5.74, 6) is -0.907. The van der Waals surface area contributed by atoms with E-state index in [1.54, 1.807) is 46.4 Å². The summed E-state index contributed by atoms with van der Waals surface area (Å²) in [7, 11) is 3.02. The Hall–Kier alpha value is -5.03. The summed E-state index contributed by atoms with van der Waals surface area (Å²) in [6, 6.07) is 20.9. The van der Waals surface area contributed by atoms with Gasteiger partial charge in [0.15, 0.2) is 11.5 Å². The van der Waals surface area contributed by atoms with Crippen molar-refractivity contribution in [2.75, 3.05) is 46.9 Å². The van der Waals surface area contributed by atoms with Gasteiger partial charge in [0.25, 0.3) is 5.91 Å². The van der Waals surface area contributed by atoms with E-state index in [0.717, 1.165) is 10.9 Å². The second-order valence-electron chi connectivity index (χ2n) is 13.8. The lowest BCUT2D eigenvalue weighted by molar-refractivity contribution is -0.139. The van der Waals surface area contributed by atoms with Crippen molar-refractivity contribution in [2.24, 2.45) is 17.8 Å². The molecule has 2 fully saturated rings. The number of carbonyl (C=O) groups excluding carboxylic acids is 4. The van der Waals surface area contributed by atoms with Crippen molar-refractivity contribution in [3.8, 4) is 11.5 Å². The van der Waals surface area contributed by atoms with Crippen LogP contribution >= 0.6 is 11.6 Å². The average molecular weight is 745 g/mol. The number of carbonyl (C=O) groups is 4. The van der Waals surface area contributed by atoms with E-state index in [9.17, 15) is 19.2 Å². The zero-order chi connectivity index (χ0) is 38.1. The minimum absolute atomic E-state index is 0.0602. The quantitative estimate of drug-likeness (QED) is 0.199. The fraction of sp³-hybridized carbons (Fsp3) is 0.415. The first kappa shape index (κ1) is 39.2. The van der Waals surface area contributed by atoms with E-state index in [1.165, 1.54) is 32.6 Å². The van der Waals surface area contributed by atoms with Gasteiger partial charge in [-0.1, -0.05) is 55.3 Å². The van der Waals surface area contributed by atoms with Crippen LogP contribution in [0.4, 0.5) is 0 Å². The van der Waals surface area contributed by atoms with E-state index in [4.69, 9.17) is 25.5 Å². The largest absolute Gasteiger partial charge is 0.493 e. The summed E-state index contributed by atoms with van der Waals surface area (Å²) < 4.78 is 16.9. The third kappa shape index (κ3) is 9.90. The molecule has 53 heavy (non-hydrogen) atoms. The molecule has 3 unspecified atom stereocenters. The Bertz CT molecular complexity index is 1900. The number of furan rings is 1. The molecule has 0 bridgehead atoms.